The number of aryl methyl sites for hydroxylation is 1. The van der Waals surface area contributed by atoms with Crippen LogP contribution in [0.15, 0.2) is 10.5 Å². The van der Waals surface area contributed by atoms with Gasteiger partial charge in [-0.2, -0.15) is 0 Å². The third kappa shape index (κ3) is 4.35. The Morgan fingerprint density at radius 2 is 2.06 bits per heavy atom. The predicted octanol–water partition coefficient (Wildman–Crippen LogP) is 1.86. The number of hydrogen-bond acceptors (Lipinski definition) is 4. The molecule has 0 amide bonds. The van der Waals surface area contributed by atoms with Crippen LogP contribution in [0, 0.1) is 6.92 Å². The normalized spacial score (nSPS) is 10.9. The molecule has 0 aliphatic carbocycles. The zero-order valence-corrected chi connectivity index (χ0v) is 10.3. The van der Waals surface area contributed by atoms with Gasteiger partial charge in [-0.25, -0.2) is 0 Å². The summed E-state index contributed by atoms with van der Waals surface area (Å²) in [6.07, 6.45) is 0. The zero-order chi connectivity index (χ0) is 11.8. The molecule has 0 aromatic carbocycles. The monoisotopic (exact) mass is 227 g/mol. The van der Waals surface area contributed by atoms with Crippen LogP contribution in [0.4, 0.5) is 0 Å². The molecule has 0 radical (unpaired) electrons. The van der Waals surface area contributed by atoms with Crippen LogP contribution in [-0.2, 0) is 22.6 Å². The largest absolute Gasteiger partial charge is 0.462 e. The van der Waals surface area contributed by atoms with Crippen molar-refractivity contribution in [3.63, 3.8) is 0 Å². The van der Waals surface area contributed by atoms with E-state index in [2.05, 4.69) is 5.32 Å². The van der Waals surface area contributed by atoms with Crippen molar-refractivity contribution in [2.45, 2.75) is 27.0 Å². The van der Waals surface area contributed by atoms with Gasteiger partial charge in [-0.05, 0) is 32.5 Å². The Morgan fingerprint density at radius 3 is 2.75 bits per heavy atom. The summed E-state index contributed by atoms with van der Waals surface area (Å²) in [6, 6.07) is 2.02. The Morgan fingerprint density at radius 1 is 1.31 bits per heavy atom. The van der Waals surface area contributed by atoms with Gasteiger partial charge in [0.25, 0.3) is 0 Å². The highest BCUT2D eigenvalue weighted by Crippen LogP contribution is 2.15. The van der Waals surface area contributed by atoms with Crippen LogP contribution >= 0.6 is 0 Å². The fourth-order valence-electron chi connectivity index (χ4n) is 1.43. The maximum Gasteiger partial charge on any atom is 0.130 e. The van der Waals surface area contributed by atoms with Crippen molar-refractivity contribution in [1.29, 1.82) is 0 Å². The van der Waals surface area contributed by atoms with Crippen molar-refractivity contribution in [1.82, 2.24) is 5.32 Å². The molecule has 0 atom stereocenters. The average molecular weight is 227 g/mol. The van der Waals surface area contributed by atoms with Gasteiger partial charge in [-0.3, -0.25) is 0 Å². The molecular formula is C12H21NO3. The fraction of sp³-hybridized carbons (Fsp3) is 0.667. The molecule has 4 heteroatoms. The third-order valence-electron chi connectivity index (χ3n) is 2.23. The van der Waals surface area contributed by atoms with Crippen LogP contribution in [0.2, 0.25) is 0 Å². The minimum Gasteiger partial charge on any atom is -0.462 e. The molecule has 0 aliphatic heterocycles. The predicted molar refractivity (Wildman–Crippen MR) is 62.4 cm³/mol. The van der Waals surface area contributed by atoms with E-state index in [0.717, 1.165) is 30.2 Å². The summed E-state index contributed by atoms with van der Waals surface area (Å²) in [7, 11) is 1.90. The molecule has 4 nitrogen and oxygen atoms in total. The van der Waals surface area contributed by atoms with E-state index in [4.69, 9.17) is 13.9 Å². The highest BCUT2D eigenvalue weighted by atomic mass is 16.5. The first-order valence-electron chi connectivity index (χ1n) is 5.66. The van der Waals surface area contributed by atoms with Gasteiger partial charge in [0, 0.05) is 6.61 Å². The first kappa shape index (κ1) is 13.2. The standard InChI is InChI=1S/C12H21NO3/c1-4-14-5-6-15-9-11-7-10(2)12(16-11)8-13-3/h7,13H,4-6,8-9H2,1-3H3. The zero-order valence-electron chi connectivity index (χ0n) is 10.3. The van der Waals surface area contributed by atoms with E-state index in [-0.39, 0.29) is 0 Å². The Kier molecular flexibility index (Phi) is 6.15. The average Bonchev–Trinajstić information content (AvgIpc) is 2.60. The lowest BCUT2D eigenvalue weighted by atomic mass is 10.2. The number of rotatable bonds is 8. The molecule has 0 unspecified atom stereocenters. The third-order valence-corrected chi connectivity index (χ3v) is 2.23. The van der Waals surface area contributed by atoms with Crippen molar-refractivity contribution in [3.8, 4) is 0 Å². The number of nitrogens with one attached hydrogen (secondary N) is 1. The second-order valence-corrected chi connectivity index (χ2v) is 3.60. The molecule has 1 aromatic rings. The quantitative estimate of drug-likeness (QED) is 0.688. The Balaban J connectivity index is 2.28. The van der Waals surface area contributed by atoms with Gasteiger partial charge < -0.3 is 19.2 Å². The molecular weight excluding hydrogens is 206 g/mol. The van der Waals surface area contributed by atoms with Crippen molar-refractivity contribution in [3.05, 3.63) is 23.2 Å². The lowest BCUT2D eigenvalue weighted by molar-refractivity contribution is 0.0387. The summed E-state index contributed by atoms with van der Waals surface area (Å²) in [5.41, 5.74) is 1.16. The molecule has 0 aliphatic rings. The number of furan rings is 1. The lowest BCUT2D eigenvalue weighted by Gasteiger charge is -2.02. The van der Waals surface area contributed by atoms with Crippen LogP contribution in [-0.4, -0.2) is 26.9 Å². The summed E-state index contributed by atoms with van der Waals surface area (Å²) in [6.45, 7) is 7.26. The number of ether oxygens (including phenoxy) is 2. The molecule has 1 rings (SSSR count). The SMILES string of the molecule is CCOCCOCc1cc(C)c(CNC)o1. The molecule has 0 spiro atoms. The smallest absolute Gasteiger partial charge is 0.130 e. The van der Waals surface area contributed by atoms with Crippen LogP contribution in [0.25, 0.3) is 0 Å². The lowest BCUT2D eigenvalue weighted by Crippen LogP contribution is -2.05. The summed E-state index contributed by atoms with van der Waals surface area (Å²) in [5.74, 6) is 1.85. The van der Waals surface area contributed by atoms with Crippen molar-refractivity contribution >= 4 is 0 Å². The van der Waals surface area contributed by atoms with E-state index in [0.29, 0.717) is 19.8 Å². The molecule has 0 saturated carbocycles. The molecule has 1 heterocycles. The second kappa shape index (κ2) is 7.44. The van der Waals surface area contributed by atoms with Crippen molar-refractivity contribution < 1.29 is 13.9 Å². The topological polar surface area (TPSA) is 43.6 Å². The van der Waals surface area contributed by atoms with Gasteiger partial charge in [-0.15, -0.1) is 0 Å². The minimum atomic E-state index is 0.512. The van der Waals surface area contributed by atoms with Crippen LogP contribution < -0.4 is 5.32 Å². The van der Waals surface area contributed by atoms with E-state index in [1.807, 2.05) is 27.0 Å². The fourth-order valence-corrected chi connectivity index (χ4v) is 1.43. The van der Waals surface area contributed by atoms with E-state index >= 15 is 0 Å². The summed E-state index contributed by atoms with van der Waals surface area (Å²) in [4.78, 5) is 0. The Bertz CT molecular complexity index is 296. The van der Waals surface area contributed by atoms with E-state index < -0.39 is 0 Å². The van der Waals surface area contributed by atoms with Crippen molar-refractivity contribution in [2.75, 3.05) is 26.9 Å². The molecule has 16 heavy (non-hydrogen) atoms. The van der Waals surface area contributed by atoms with E-state index in [1.165, 1.54) is 0 Å². The molecule has 0 fully saturated rings. The maximum absolute atomic E-state index is 5.63. The van der Waals surface area contributed by atoms with Gasteiger partial charge in [-0.1, -0.05) is 0 Å². The Labute approximate surface area is 96.9 Å². The van der Waals surface area contributed by atoms with E-state index in [1.54, 1.807) is 0 Å². The highest BCUT2D eigenvalue weighted by molar-refractivity contribution is 5.19. The maximum atomic E-state index is 5.63. The van der Waals surface area contributed by atoms with Gasteiger partial charge in [0.15, 0.2) is 0 Å². The molecule has 0 bridgehead atoms. The Hall–Kier alpha value is -0.840. The number of hydrogen-bond donors (Lipinski definition) is 1. The summed E-state index contributed by atoms with van der Waals surface area (Å²) < 4.78 is 16.2. The summed E-state index contributed by atoms with van der Waals surface area (Å²) >= 11 is 0. The second-order valence-electron chi connectivity index (χ2n) is 3.60. The molecule has 0 saturated heterocycles. The van der Waals surface area contributed by atoms with Crippen molar-refractivity contribution in [2.24, 2.45) is 0 Å². The summed E-state index contributed by atoms with van der Waals surface area (Å²) in [5, 5.41) is 3.07. The van der Waals surface area contributed by atoms with Crippen LogP contribution in [0.5, 0.6) is 0 Å². The van der Waals surface area contributed by atoms with Gasteiger partial charge >= 0.3 is 0 Å². The minimum absolute atomic E-state index is 0.512. The van der Waals surface area contributed by atoms with Crippen LogP contribution in [0.3, 0.4) is 0 Å². The molecule has 1 aromatic heterocycles. The van der Waals surface area contributed by atoms with E-state index in [9.17, 15) is 0 Å². The molecule has 92 valence electrons. The van der Waals surface area contributed by atoms with Gasteiger partial charge in [0.2, 0.25) is 0 Å². The first-order chi connectivity index (χ1) is 7.77. The van der Waals surface area contributed by atoms with Gasteiger partial charge in [0.05, 0.1) is 19.8 Å². The highest BCUT2D eigenvalue weighted by Gasteiger charge is 2.06. The van der Waals surface area contributed by atoms with Gasteiger partial charge in [0.1, 0.15) is 18.1 Å². The molecule has 1 N–H and O–H groups in total. The first-order valence-corrected chi connectivity index (χ1v) is 5.66. The van der Waals surface area contributed by atoms with Crippen LogP contribution in [0.1, 0.15) is 24.0 Å².